The Bertz CT molecular complexity index is 1070. The van der Waals surface area contributed by atoms with E-state index < -0.39 is 11.6 Å². The number of hydrogen-bond donors (Lipinski definition) is 1. The number of fused-ring (bicyclic) bond motifs is 3. The van der Waals surface area contributed by atoms with Crippen molar-refractivity contribution in [2.24, 2.45) is 0 Å². The van der Waals surface area contributed by atoms with E-state index in [0.29, 0.717) is 42.1 Å². The smallest absolute Gasteiger partial charge is 0.289 e. The predicted molar refractivity (Wildman–Crippen MR) is 98.8 cm³/mol. The van der Waals surface area contributed by atoms with Crippen LogP contribution in [0.5, 0.6) is 0 Å². The highest BCUT2D eigenvalue weighted by molar-refractivity contribution is 5.99. The van der Waals surface area contributed by atoms with E-state index in [1.54, 1.807) is 23.1 Å². The summed E-state index contributed by atoms with van der Waals surface area (Å²) in [5.41, 5.74) is 2.04. The monoisotopic (exact) mass is 384 g/mol. The van der Waals surface area contributed by atoms with Gasteiger partial charge in [0.25, 0.3) is 11.8 Å². The third-order valence-electron chi connectivity index (χ3n) is 4.84. The topological polar surface area (TPSA) is 67.2 Å². The molecule has 0 bridgehead atoms. The van der Waals surface area contributed by atoms with Gasteiger partial charge in [0, 0.05) is 37.8 Å². The summed E-state index contributed by atoms with van der Waals surface area (Å²) in [5, 5.41) is 2.64. The second kappa shape index (κ2) is 7.03. The van der Waals surface area contributed by atoms with Crippen LogP contribution >= 0.6 is 0 Å². The first-order valence-corrected chi connectivity index (χ1v) is 8.99. The average Bonchev–Trinajstić information content (AvgIpc) is 3.04. The molecule has 0 atom stereocenters. The third-order valence-corrected chi connectivity index (χ3v) is 4.84. The molecule has 6 nitrogen and oxygen atoms in total. The molecule has 8 heteroatoms. The zero-order valence-corrected chi connectivity index (χ0v) is 15.2. The van der Waals surface area contributed by atoms with Crippen LogP contribution in [0.15, 0.2) is 36.4 Å². The third kappa shape index (κ3) is 3.21. The molecule has 0 aliphatic carbocycles. The Hall–Kier alpha value is -3.29. The van der Waals surface area contributed by atoms with Gasteiger partial charge in [0.2, 0.25) is 0 Å². The Morgan fingerprint density at radius 2 is 1.89 bits per heavy atom. The number of imidazole rings is 1. The minimum absolute atomic E-state index is 0.00477. The molecular weight excluding hydrogens is 366 g/mol. The maximum Gasteiger partial charge on any atom is 0.289 e. The second-order valence-corrected chi connectivity index (χ2v) is 6.64. The number of halogens is 2. The molecule has 2 aromatic carbocycles. The van der Waals surface area contributed by atoms with Crippen molar-refractivity contribution in [3.05, 3.63) is 65.0 Å². The van der Waals surface area contributed by atoms with Gasteiger partial charge in [-0.25, -0.2) is 13.8 Å². The van der Waals surface area contributed by atoms with Gasteiger partial charge in [-0.1, -0.05) is 0 Å². The molecule has 1 aromatic heterocycles. The Morgan fingerprint density at radius 1 is 1.14 bits per heavy atom. The molecule has 3 aromatic rings. The summed E-state index contributed by atoms with van der Waals surface area (Å²) in [5.74, 6) is -1.53. The molecule has 0 spiro atoms. The highest BCUT2D eigenvalue weighted by Crippen LogP contribution is 2.22. The second-order valence-electron chi connectivity index (χ2n) is 6.64. The first kappa shape index (κ1) is 18.1. The summed E-state index contributed by atoms with van der Waals surface area (Å²) in [6.07, 6.45) is 0. The van der Waals surface area contributed by atoms with Crippen molar-refractivity contribution in [1.29, 1.82) is 0 Å². The number of benzene rings is 2. The van der Waals surface area contributed by atoms with Gasteiger partial charge in [-0.2, -0.15) is 0 Å². The van der Waals surface area contributed by atoms with Crippen molar-refractivity contribution in [2.45, 2.75) is 20.0 Å². The maximum absolute atomic E-state index is 13.3. The van der Waals surface area contributed by atoms with Gasteiger partial charge in [0.1, 0.15) is 11.6 Å². The van der Waals surface area contributed by atoms with Crippen LogP contribution in [-0.2, 0) is 13.1 Å². The van der Waals surface area contributed by atoms with E-state index in [9.17, 15) is 18.4 Å². The summed E-state index contributed by atoms with van der Waals surface area (Å²) < 4.78 is 28.4. The van der Waals surface area contributed by atoms with Crippen LogP contribution in [0.2, 0.25) is 0 Å². The number of nitrogens with zero attached hydrogens (tertiary/aromatic N) is 3. The Kier molecular flexibility index (Phi) is 4.54. The van der Waals surface area contributed by atoms with Gasteiger partial charge in [0.05, 0.1) is 11.0 Å². The fourth-order valence-corrected chi connectivity index (χ4v) is 3.42. The number of nitrogens with one attached hydrogen (secondary N) is 1. The molecule has 0 fully saturated rings. The zero-order chi connectivity index (χ0) is 19.8. The molecule has 0 radical (unpaired) electrons. The van der Waals surface area contributed by atoms with Crippen LogP contribution in [0.25, 0.3) is 11.0 Å². The lowest BCUT2D eigenvalue weighted by atomic mass is 10.1. The number of carbonyl (C=O) groups excluding carboxylic acids is 2. The van der Waals surface area contributed by atoms with Crippen LogP contribution < -0.4 is 5.32 Å². The van der Waals surface area contributed by atoms with Gasteiger partial charge >= 0.3 is 0 Å². The van der Waals surface area contributed by atoms with Gasteiger partial charge in [-0.05, 0) is 42.8 Å². The van der Waals surface area contributed by atoms with E-state index in [2.05, 4.69) is 10.3 Å². The largest absolute Gasteiger partial charge is 0.348 e. The summed E-state index contributed by atoms with van der Waals surface area (Å²) in [6.45, 7) is 3.82. The SMILES string of the molecule is CCN1CCn2c(nc3cc(C(=O)NCc4cc(F)cc(F)c4)ccc32)C1=O. The van der Waals surface area contributed by atoms with Crippen LogP contribution in [0, 0.1) is 11.6 Å². The first-order chi connectivity index (χ1) is 13.5. The molecule has 2 heterocycles. The van der Waals surface area contributed by atoms with Crippen molar-refractivity contribution in [3.8, 4) is 0 Å². The highest BCUT2D eigenvalue weighted by Gasteiger charge is 2.27. The van der Waals surface area contributed by atoms with E-state index in [1.807, 2.05) is 11.5 Å². The summed E-state index contributed by atoms with van der Waals surface area (Å²) in [6, 6.07) is 8.14. The van der Waals surface area contributed by atoms with E-state index in [1.165, 1.54) is 12.1 Å². The van der Waals surface area contributed by atoms with Crippen molar-refractivity contribution < 1.29 is 18.4 Å². The van der Waals surface area contributed by atoms with Gasteiger partial charge in [0.15, 0.2) is 5.82 Å². The molecule has 2 amide bonds. The molecule has 0 saturated heterocycles. The summed E-state index contributed by atoms with van der Waals surface area (Å²) in [7, 11) is 0. The van der Waals surface area contributed by atoms with Gasteiger partial charge < -0.3 is 14.8 Å². The van der Waals surface area contributed by atoms with E-state index >= 15 is 0 Å². The van der Waals surface area contributed by atoms with Crippen molar-refractivity contribution in [3.63, 3.8) is 0 Å². The average molecular weight is 384 g/mol. The lowest BCUT2D eigenvalue weighted by Gasteiger charge is -2.26. The highest BCUT2D eigenvalue weighted by atomic mass is 19.1. The molecule has 144 valence electrons. The quantitative estimate of drug-likeness (QED) is 0.752. The minimum atomic E-state index is -0.694. The summed E-state index contributed by atoms with van der Waals surface area (Å²) >= 11 is 0. The van der Waals surface area contributed by atoms with E-state index in [0.717, 1.165) is 11.6 Å². The van der Waals surface area contributed by atoms with Crippen molar-refractivity contribution in [1.82, 2.24) is 19.8 Å². The number of carbonyl (C=O) groups is 2. The molecule has 0 unspecified atom stereocenters. The fourth-order valence-electron chi connectivity index (χ4n) is 3.42. The molecule has 4 rings (SSSR count). The molecular formula is C20H18F2N4O2. The molecule has 1 aliphatic heterocycles. The van der Waals surface area contributed by atoms with Gasteiger partial charge in [-0.15, -0.1) is 0 Å². The first-order valence-electron chi connectivity index (χ1n) is 8.99. The van der Waals surface area contributed by atoms with Crippen molar-refractivity contribution >= 4 is 22.8 Å². The number of likely N-dealkylation sites (N-methyl/N-ethyl adjacent to an activating group) is 1. The number of amides is 2. The van der Waals surface area contributed by atoms with Crippen LogP contribution in [0.4, 0.5) is 8.78 Å². The number of hydrogen-bond acceptors (Lipinski definition) is 3. The van der Waals surface area contributed by atoms with Crippen molar-refractivity contribution in [2.75, 3.05) is 13.1 Å². The minimum Gasteiger partial charge on any atom is -0.348 e. The van der Waals surface area contributed by atoms with E-state index in [4.69, 9.17) is 0 Å². The Balaban J connectivity index is 1.56. The van der Waals surface area contributed by atoms with Crippen LogP contribution in [-0.4, -0.2) is 39.4 Å². The molecule has 1 aliphatic rings. The maximum atomic E-state index is 13.3. The molecule has 0 saturated carbocycles. The van der Waals surface area contributed by atoms with E-state index in [-0.39, 0.29) is 18.4 Å². The Labute approximate surface area is 159 Å². The number of aromatic nitrogens is 2. The standard InChI is InChI=1S/C20H18F2N4O2/c1-2-25-5-6-26-17-4-3-13(9-16(17)24-18(26)20(25)28)19(27)23-11-12-7-14(21)10-15(22)8-12/h3-4,7-10H,2,5-6,11H2,1H3,(H,23,27). The molecule has 28 heavy (non-hydrogen) atoms. The lowest BCUT2D eigenvalue weighted by Crippen LogP contribution is -2.40. The summed E-state index contributed by atoms with van der Waals surface area (Å²) in [4.78, 5) is 31.0. The van der Waals surface area contributed by atoms with Crippen LogP contribution in [0.3, 0.4) is 0 Å². The Morgan fingerprint density at radius 3 is 2.61 bits per heavy atom. The van der Waals surface area contributed by atoms with Gasteiger partial charge in [-0.3, -0.25) is 9.59 Å². The zero-order valence-electron chi connectivity index (χ0n) is 15.2. The molecule has 1 N–H and O–H groups in total. The predicted octanol–water partition coefficient (Wildman–Crippen LogP) is 2.72. The van der Waals surface area contributed by atoms with Crippen LogP contribution in [0.1, 0.15) is 33.5 Å². The normalized spacial score (nSPS) is 13.7. The number of rotatable bonds is 4. The lowest BCUT2D eigenvalue weighted by molar-refractivity contribution is 0.0709. The fraction of sp³-hybridized carbons (Fsp3) is 0.250.